The number of aryl methyl sites for hydroxylation is 2. The van der Waals surface area contributed by atoms with E-state index in [9.17, 15) is 4.79 Å². The van der Waals surface area contributed by atoms with Gasteiger partial charge in [0.1, 0.15) is 12.4 Å². The third kappa shape index (κ3) is 5.08. The van der Waals surface area contributed by atoms with Crippen LogP contribution < -0.4 is 10.1 Å². The summed E-state index contributed by atoms with van der Waals surface area (Å²) in [6.07, 6.45) is 7.27. The fourth-order valence-corrected chi connectivity index (χ4v) is 4.07. The Balaban J connectivity index is 1.56. The number of hydrogen-bond donors (Lipinski definition) is 1. The third-order valence-electron chi connectivity index (χ3n) is 4.81. The van der Waals surface area contributed by atoms with Crippen molar-refractivity contribution in [3.05, 3.63) is 51.2 Å². The van der Waals surface area contributed by atoms with Crippen LogP contribution in [0.5, 0.6) is 5.75 Å². The molecular formula is C21H27NO2S. The maximum atomic E-state index is 12.5. The average Bonchev–Trinajstić information content (AvgIpc) is 2.93. The molecule has 1 amide bonds. The normalized spacial score (nSPS) is 15.6. The molecule has 134 valence electrons. The Morgan fingerprint density at radius 1 is 1.16 bits per heavy atom. The Kier molecular flexibility index (Phi) is 6.14. The van der Waals surface area contributed by atoms with Crippen molar-refractivity contribution in [3.8, 4) is 5.75 Å². The van der Waals surface area contributed by atoms with Gasteiger partial charge in [-0.2, -0.15) is 0 Å². The molecule has 0 bridgehead atoms. The minimum Gasteiger partial charge on any atom is -0.489 e. The Morgan fingerprint density at radius 3 is 2.68 bits per heavy atom. The van der Waals surface area contributed by atoms with Gasteiger partial charge in [-0.3, -0.25) is 4.79 Å². The minimum atomic E-state index is 0.0647. The van der Waals surface area contributed by atoms with E-state index in [1.54, 1.807) is 0 Å². The standard InChI is InChI=1S/C21H27NO2S/c1-15-9-10-16(2)19(11-15)24-13-17-12-20(25-14-17)21(23)22-18-7-5-3-4-6-8-18/h9-12,14,18H,3-8,13H2,1-2H3,(H,22,23). The summed E-state index contributed by atoms with van der Waals surface area (Å²) in [4.78, 5) is 13.3. The van der Waals surface area contributed by atoms with E-state index >= 15 is 0 Å². The number of thiophene rings is 1. The zero-order chi connectivity index (χ0) is 17.6. The largest absolute Gasteiger partial charge is 0.489 e. The van der Waals surface area contributed by atoms with E-state index < -0.39 is 0 Å². The summed E-state index contributed by atoms with van der Waals surface area (Å²) >= 11 is 1.50. The first-order chi connectivity index (χ1) is 12.1. The van der Waals surface area contributed by atoms with Gasteiger partial charge in [0.2, 0.25) is 0 Å². The molecule has 3 nitrogen and oxygen atoms in total. The van der Waals surface area contributed by atoms with Gasteiger partial charge in [-0.05, 0) is 55.3 Å². The molecule has 0 saturated heterocycles. The molecule has 4 heteroatoms. The van der Waals surface area contributed by atoms with Crippen molar-refractivity contribution in [1.29, 1.82) is 0 Å². The molecule has 1 aliphatic carbocycles. The molecule has 1 aliphatic rings. The van der Waals surface area contributed by atoms with Gasteiger partial charge >= 0.3 is 0 Å². The van der Waals surface area contributed by atoms with Gasteiger partial charge in [-0.1, -0.05) is 37.8 Å². The molecule has 1 fully saturated rings. The summed E-state index contributed by atoms with van der Waals surface area (Å²) in [5, 5.41) is 5.23. The van der Waals surface area contributed by atoms with E-state index in [4.69, 9.17) is 4.74 Å². The molecule has 3 rings (SSSR count). The summed E-state index contributed by atoms with van der Waals surface area (Å²) in [6.45, 7) is 4.61. The van der Waals surface area contributed by atoms with E-state index in [1.165, 1.54) is 42.6 Å². The van der Waals surface area contributed by atoms with Gasteiger partial charge in [0.05, 0.1) is 4.88 Å². The van der Waals surface area contributed by atoms with Crippen molar-refractivity contribution in [3.63, 3.8) is 0 Å². The van der Waals surface area contributed by atoms with Crippen molar-refractivity contribution < 1.29 is 9.53 Å². The molecule has 1 N–H and O–H groups in total. The molecule has 0 spiro atoms. The zero-order valence-corrected chi connectivity index (χ0v) is 16.0. The lowest BCUT2D eigenvalue weighted by molar-refractivity contribution is 0.0937. The highest BCUT2D eigenvalue weighted by molar-refractivity contribution is 7.12. The molecule has 25 heavy (non-hydrogen) atoms. The molecule has 1 saturated carbocycles. The third-order valence-corrected chi connectivity index (χ3v) is 5.78. The second kappa shape index (κ2) is 8.52. The number of nitrogens with one attached hydrogen (secondary N) is 1. The van der Waals surface area contributed by atoms with Crippen LogP contribution in [0.1, 0.15) is 64.9 Å². The van der Waals surface area contributed by atoms with Crippen molar-refractivity contribution in [2.75, 3.05) is 0 Å². The summed E-state index contributed by atoms with van der Waals surface area (Å²) in [5.74, 6) is 0.977. The van der Waals surface area contributed by atoms with Crippen molar-refractivity contribution in [2.45, 2.75) is 65.0 Å². The van der Waals surface area contributed by atoms with Crippen LogP contribution in [0.4, 0.5) is 0 Å². The summed E-state index contributed by atoms with van der Waals surface area (Å²) in [5.41, 5.74) is 3.37. The van der Waals surface area contributed by atoms with Crippen molar-refractivity contribution >= 4 is 17.2 Å². The highest BCUT2D eigenvalue weighted by Crippen LogP contribution is 2.23. The second-order valence-electron chi connectivity index (χ2n) is 7.04. The van der Waals surface area contributed by atoms with Crippen LogP contribution in [0.15, 0.2) is 29.6 Å². The zero-order valence-electron chi connectivity index (χ0n) is 15.1. The number of benzene rings is 1. The molecule has 0 unspecified atom stereocenters. The fourth-order valence-electron chi connectivity index (χ4n) is 3.27. The van der Waals surface area contributed by atoms with E-state index in [2.05, 4.69) is 30.4 Å². The Morgan fingerprint density at radius 2 is 1.92 bits per heavy atom. The number of hydrogen-bond acceptors (Lipinski definition) is 3. The summed E-state index contributed by atoms with van der Waals surface area (Å²) in [7, 11) is 0. The van der Waals surface area contributed by atoms with Gasteiger partial charge in [0, 0.05) is 11.6 Å². The Hall–Kier alpha value is -1.81. The van der Waals surface area contributed by atoms with Gasteiger partial charge in [0.25, 0.3) is 5.91 Å². The SMILES string of the molecule is Cc1ccc(C)c(OCc2csc(C(=O)NC3CCCCCC3)c2)c1. The predicted octanol–water partition coefficient (Wildman–Crippen LogP) is 5.40. The Bertz CT molecular complexity index is 714. The molecule has 1 aromatic heterocycles. The van der Waals surface area contributed by atoms with E-state index in [1.807, 2.05) is 18.4 Å². The van der Waals surface area contributed by atoms with Gasteiger partial charge in [-0.25, -0.2) is 0 Å². The maximum absolute atomic E-state index is 12.5. The topological polar surface area (TPSA) is 38.3 Å². The summed E-state index contributed by atoms with van der Waals surface area (Å²) in [6, 6.07) is 8.52. The van der Waals surface area contributed by atoms with Crippen LogP contribution in [0.25, 0.3) is 0 Å². The highest BCUT2D eigenvalue weighted by atomic mass is 32.1. The lowest BCUT2D eigenvalue weighted by Gasteiger charge is -2.15. The van der Waals surface area contributed by atoms with Crippen LogP contribution in [0, 0.1) is 13.8 Å². The quantitative estimate of drug-likeness (QED) is 0.728. The first-order valence-corrected chi connectivity index (χ1v) is 10.1. The van der Waals surface area contributed by atoms with Gasteiger partial charge < -0.3 is 10.1 Å². The lowest BCUT2D eigenvalue weighted by Crippen LogP contribution is -2.33. The van der Waals surface area contributed by atoms with Gasteiger partial charge in [0.15, 0.2) is 0 Å². The number of rotatable bonds is 5. The van der Waals surface area contributed by atoms with Crippen LogP contribution in [0.2, 0.25) is 0 Å². The second-order valence-corrected chi connectivity index (χ2v) is 7.95. The minimum absolute atomic E-state index is 0.0647. The Labute approximate surface area is 154 Å². The molecule has 0 atom stereocenters. The average molecular weight is 358 g/mol. The van der Waals surface area contributed by atoms with Gasteiger partial charge in [-0.15, -0.1) is 11.3 Å². The lowest BCUT2D eigenvalue weighted by atomic mass is 10.1. The molecule has 1 aromatic carbocycles. The van der Waals surface area contributed by atoms with E-state index in [0.717, 1.165) is 34.6 Å². The maximum Gasteiger partial charge on any atom is 0.261 e. The molecule has 0 radical (unpaired) electrons. The predicted molar refractivity (Wildman–Crippen MR) is 104 cm³/mol. The van der Waals surface area contributed by atoms with E-state index in [0.29, 0.717) is 12.6 Å². The van der Waals surface area contributed by atoms with Crippen molar-refractivity contribution in [1.82, 2.24) is 5.32 Å². The van der Waals surface area contributed by atoms with E-state index in [-0.39, 0.29) is 5.91 Å². The molecule has 1 heterocycles. The smallest absolute Gasteiger partial charge is 0.261 e. The van der Waals surface area contributed by atoms with Crippen LogP contribution >= 0.6 is 11.3 Å². The molecule has 0 aliphatic heterocycles. The van der Waals surface area contributed by atoms with Crippen LogP contribution in [-0.2, 0) is 6.61 Å². The first-order valence-electron chi connectivity index (χ1n) is 9.20. The molecular weight excluding hydrogens is 330 g/mol. The van der Waals surface area contributed by atoms with Crippen LogP contribution in [0.3, 0.4) is 0 Å². The highest BCUT2D eigenvalue weighted by Gasteiger charge is 2.17. The first kappa shape index (κ1) is 18.0. The van der Waals surface area contributed by atoms with Crippen molar-refractivity contribution in [2.24, 2.45) is 0 Å². The van der Waals surface area contributed by atoms with Crippen LogP contribution in [-0.4, -0.2) is 11.9 Å². The number of amides is 1. The fraction of sp³-hybridized carbons (Fsp3) is 0.476. The summed E-state index contributed by atoms with van der Waals surface area (Å²) < 4.78 is 5.94. The number of carbonyl (C=O) groups is 1. The monoisotopic (exact) mass is 357 g/mol. The molecule has 2 aromatic rings. The number of carbonyl (C=O) groups excluding carboxylic acids is 1. The number of ether oxygens (including phenoxy) is 1.